The highest BCUT2D eigenvalue weighted by Gasteiger charge is 2.67. The predicted octanol–water partition coefficient (Wildman–Crippen LogP) is 0.942. The van der Waals surface area contributed by atoms with E-state index < -0.39 is 28.6 Å². The van der Waals surface area contributed by atoms with Crippen LogP contribution in [0.5, 0.6) is 0 Å². The second kappa shape index (κ2) is 3.38. The molecule has 0 aliphatic rings. The molecular weight excluding hydrogens is 246 g/mol. The molecule has 1 atom stereocenters. The highest BCUT2D eigenvalue weighted by molar-refractivity contribution is 7.81. The molecule has 0 saturated heterocycles. The Morgan fingerprint density at radius 2 is 1.50 bits per heavy atom. The van der Waals surface area contributed by atoms with Crippen LogP contribution >= 0.6 is 0 Å². The van der Waals surface area contributed by atoms with Gasteiger partial charge in [-0.3, -0.25) is 4.79 Å². The van der Waals surface area contributed by atoms with Crippen molar-refractivity contribution in [3.8, 4) is 0 Å². The van der Waals surface area contributed by atoms with Crippen molar-refractivity contribution in [2.24, 2.45) is 0 Å². The van der Waals surface area contributed by atoms with Crippen molar-refractivity contribution in [2.75, 3.05) is 0 Å². The SMILES string of the molecule is O=C(F)C(F)(OS(=O)(=O)F)C(F)(F)F. The Kier molecular flexibility index (Phi) is 3.18. The van der Waals surface area contributed by atoms with E-state index >= 15 is 0 Å². The molecule has 4 nitrogen and oxygen atoms in total. The van der Waals surface area contributed by atoms with Crippen molar-refractivity contribution in [2.45, 2.75) is 12.0 Å². The molecule has 0 aromatic rings. The lowest BCUT2D eigenvalue weighted by molar-refractivity contribution is -0.291. The Morgan fingerprint density at radius 1 is 1.14 bits per heavy atom. The minimum absolute atomic E-state index is 2.04. The summed E-state index contributed by atoms with van der Waals surface area (Å²) in [5.41, 5.74) is 0. The largest absolute Gasteiger partial charge is 0.460 e. The van der Waals surface area contributed by atoms with Gasteiger partial charge in [0.05, 0.1) is 0 Å². The molecule has 0 rings (SSSR count). The third-order valence-corrected chi connectivity index (χ3v) is 1.26. The molecule has 1 unspecified atom stereocenters. The van der Waals surface area contributed by atoms with Gasteiger partial charge in [0.25, 0.3) is 0 Å². The molecule has 0 heterocycles. The smallest absolute Gasteiger partial charge is 0.254 e. The van der Waals surface area contributed by atoms with Crippen molar-refractivity contribution in [3.05, 3.63) is 0 Å². The lowest BCUT2D eigenvalue weighted by Crippen LogP contribution is -2.49. The van der Waals surface area contributed by atoms with Crippen LogP contribution in [0.4, 0.5) is 25.8 Å². The molecule has 84 valence electrons. The Labute approximate surface area is 72.9 Å². The zero-order valence-electron chi connectivity index (χ0n) is 5.81. The van der Waals surface area contributed by atoms with Gasteiger partial charge in [-0.1, -0.05) is 3.89 Å². The molecule has 0 radical (unpaired) electrons. The third kappa shape index (κ3) is 2.83. The molecule has 0 spiro atoms. The molecule has 14 heavy (non-hydrogen) atoms. The second-order valence-electron chi connectivity index (χ2n) is 1.84. The molecule has 0 aliphatic heterocycles. The number of hydrogen-bond acceptors (Lipinski definition) is 4. The Bertz CT molecular complexity index is 331. The van der Waals surface area contributed by atoms with Gasteiger partial charge in [0, 0.05) is 0 Å². The van der Waals surface area contributed by atoms with Crippen LogP contribution in [0.25, 0.3) is 0 Å². The van der Waals surface area contributed by atoms with E-state index in [1.165, 1.54) is 0 Å². The van der Waals surface area contributed by atoms with Crippen molar-refractivity contribution >= 4 is 16.5 Å². The van der Waals surface area contributed by atoms with Crippen LogP contribution in [-0.4, -0.2) is 26.5 Å². The maximum atomic E-state index is 12.2. The van der Waals surface area contributed by atoms with E-state index in [-0.39, 0.29) is 0 Å². The minimum atomic E-state index is -6.47. The summed E-state index contributed by atoms with van der Waals surface area (Å²) in [6.07, 6.45) is -6.35. The summed E-state index contributed by atoms with van der Waals surface area (Å²) in [7, 11) is -6.47. The first-order valence-electron chi connectivity index (χ1n) is 2.51. The number of rotatable bonds is 3. The van der Waals surface area contributed by atoms with Gasteiger partial charge < -0.3 is 0 Å². The number of alkyl halides is 4. The maximum absolute atomic E-state index is 12.2. The Hall–Kier alpha value is -0.840. The standard InChI is InChI=1S/C3F6O4S/c4-1(10)2(5,3(6,7)8)13-14(9,11)12. The first-order valence-corrected chi connectivity index (χ1v) is 3.82. The van der Waals surface area contributed by atoms with E-state index in [0.29, 0.717) is 0 Å². The second-order valence-corrected chi connectivity index (χ2v) is 2.80. The average Bonchev–Trinajstić information content (AvgIpc) is 1.79. The van der Waals surface area contributed by atoms with Crippen LogP contribution in [-0.2, 0) is 19.5 Å². The van der Waals surface area contributed by atoms with Gasteiger partial charge in [-0.2, -0.15) is 34.6 Å². The average molecular weight is 246 g/mol. The Morgan fingerprint density at radius 3 is 1.57 bits per heavy atom. The van der Waals surface area contributed by atoms with Crippen LogP contribution in [0, 0.1) is 0 Å². The molecule has 0 aromatic heterocycles. The summed E-state index contributed by atoms with van der Waals surface area (Å²) in [6.45, 7) is 0. The van der Waals surface area contributed by atoms with E-state index in [1.807, 2.05) is 4.18 Å². The van der Waals surface area contributed by atoms with Crippen LogP contribution in [0.1, 0.15) is 0 Å². The summed E-state index contributed by atoms with van der Waals surface area (Å²) < 4.78 is 90.6. The highest BCUT2D eigenvalue weighted by atomic mass is 32.3. The number of carbonyl (C=O) groups is 1. The quantitative estimate of drug-likeness (QED) is 0.549. The summed E-state index contributed by atoms with van der Waals surface area (Å²) in [5.74, 6) is -5.85. The van der Waals surface area contributed by atoms with E-state index in [2.05, 4.69) is 0 Å². The van der Waals surface area contributed by atoms with Crippen LogP contribution in [0.2, 0.25) is 0 Å². The van der Waals surface area contributed by atoms with Gasteiger partial charge in [-0.15, -0.1) is 0 Å². The first-order chi connectivity index (χ1) is 5.90. The molecule has 0 fully saturated rings. The summed E-state index contributed by atoms with van der Waals surface area (Å²) in [6, 6.07) is -3.83. The number of halogens is 6. The van der Waals surface area contributed by atoms with E-state index in [4.69, 9.17) is 0 Å². The molecular formula is C3F6O4S. The minimum Gasteiger partial charge on any atom is -0.254 e. The lowest BCUT2D eigenvalue weighted by Gasteiger charge is -2.19. The van der Waals surface area contributed by atoms with Crippen molar-refractivity contribution in [3.63, 3.8) is 0 Å². The summed E-state index contributed by atoms with van der Waals surface area (Å²) in [5, 5.41) is 0. The lowest BCUT2D eigenvalue weighted by atomic mass is 10.3. The normalized spacial score (nSPS) is 17.6. The Balaban J connectivity index is 5.25. The van der Waals surface area contributed by atoms with Crippen molar-refractivity contribution in [1.82, 2.24) is 0 Å². The summed E-state index contributed by atoms with van der Waals surface area (Å²) >= 11 is 0. The van der Waals surface area contributed by atoms with Gasteiger partial charge in [0.1, 0.15) is 0 Å². The van der Waals surface area contributed by atoms with Crippen LogP contribution in [0.3, 0.4) is 0 Å². The molecule has 11 heteroatoms. The van der Waals surface area contributed by atoms with E-state index in [1.54, 1.807) is 0 Å². The topological polar surface area (TPSA) is 60.4 Å². The zero-order chi connectivity index (χ0) is 11.8. The van der Waals surface area contributed by atoms with Crippen LogP contribution in [0.15, 0.2) is 0 Å². The van der Waals surface area contributed by atoms with E-state index in [0.717, 1.165) is 0 Å². The fraction of sp³-hybridized carbons (Fsp3) is 0.667. The molecule has 0 bridgehead atoms. The summed E-state index contributed by atoms with van der Waals surface area (Å²) in [4.78, 5) is 9.47. The monoisotopic (exact) mass is 246 g/mol. The molecule has 0 amide bonds. The van der Waals surface area contributed by atoms with E-state index in [9.17, 15) is 39.1 Å². The predicted molar refractivity (Wildman–Crippen MR) is 27.1 cm³/mol. The fourth-order valence-corrected chi connectivity index (χ4v) is 0.763. The molecule has 0 saturated carbocycles. The van der Waals surface area contributed by atoms with Gasteiger partial charge >= 0.3 is 28.6 Å². The van der Waals surface area contributed by atoms with Gasteiger partial charge in [-0.05, 0) is 0 Å². The molecule has 0 aliphatic carbocycles. The first kappa shape index (κ1) is 13.2. The third-order valence-electron chi connectivity index (χ3n) is 0.832. The fourth-order valence-electron chi connectivity index (χ4n) is 0.329. The number of hydrogen-bond donors (Lipinski definition) is 0. The van der Waals surface area contributed by atoms with Crippen LogP contribution < -0.4 is 0 Å². The molecule has 0 aromatic carbocycles. The zero-order valence-corrected chi connectivity index (χ0v) is 6.63. The van der Waals surface area contributed by atoms with Gasteiger partial charge in [-0.25, -0.2) is 0 Å². The number of carbonyl (C=O) groups excluding carboxylic acids is 1. The highest BCUT2D eigenvalue weighted by Crippen LogP contribution is 2.37. The molecule has 0 N–H and O–H groups in total. The van der Waals surface area contributed by atoms with Gasteiger partial charge in [0.15, 0.2) is 0 Å². The van der Waals surface area contributed by atoms with Gasteiger partial charge in [0.2, 0.25) is 0 Å². The van der Waals surface area contributed by atoms with Crippen molar-refractivity contribution < 1.29 is 43.2 Å². The van der Waals surface area contributed by atoms with Crippen molar-refractivity contribution in [1.29, 1.82) is 0 Å². The maximum Gasteiger partial charge on any atom is 0.460 e.